The van der Waals surface area contributed by atoms with Crippen LogP contribution in [-0.2, 0) is 11.3 Å². The van der Waals surface area contributed by atoms with E-state index in [1.165, 1.54) is 11.3 Å². The molecule has 0 aliphatic rings. The molecule has 0 saturated carbocycles. The second-order valence-electron chi connectivity index (χ2n) is 4.15. The van der Waals surface area contributed by atoms with Gasteiger partial charge in [0.2, 0.25) is 5.91 Å². The van der Waals surface area contributed by atoms with Gasteiger partial charge in [0.15, 0.2) is 0 Å². The normalized spacial score (nSPS) is 11.5. The zero-order valence-corrected chi connectivity index (χ0v) is 10.4. The van der Waals surface area contributed by atoms with Crippen molar-refractivity contribution in [3.63, 3.8) is 0 Å². The molecule has 0 bridgehead atoms. The van der Waals surface area contributed by atoms with Gasteiger partial charge in [0.05, 0.1) is 10.9 Å². The van der Waals surface area contributed by atoms with Gasteiger partial charge in [-0.3, -0.25) is 4.79 Å². The fourth-order valence-electron chi connectivity index (χ4n) is 1.11. The molecular weight excluding hydrogens is 232 g/mol. The van der Waals surface area contributed by atoms with Gasteiger partial charge in [0.1, 0.15) is 0 Å². The Morgan fingerprint density at radius 2 is 2.27 bits per heavy atom. The highest BCUT2D eigenvalue weighted by Gasteiger charge is 2.15. The first-order chi connectivity index (χ1) is 6.87. The molecule has 5 heteroatoms. The third-order valence-electron chi connectivity index (χ3n) is 1.70. The molecule has 0 spiro atoms. The zero-order valence-electron chi connectivity index (χ0n) is 8.84. The summed E-state index contributed by atoms with van der Waals surface area (Å²) in [4.78, 5) is 12.5. The molecule has 3 N–H and O–H groups in total. The quantitative estimate of drug-likeness (QED) is 0.855. The minimum absolute atomic E-state index is 0.0352. The lowest BCUT2D eigenvalue weighted by Crippen LogP contribution is -2.38. The van der Waals surface area contributed by atoms with Gasteiger partial charge in [-0.05, 0) is 26.0 Å². The van der Waals surface area contributed by atoms with Gasteiger partial charge < -0.3 is 11.1 Å². The standard InChI is InChI=1S/C10H15ClN2OS/c1-10(2,12)5-9(14)13-6-7-3-4-8(11)15-7/h3-4H,5-6,12H2,1-2H3,(H,13,14). The van der Waals surface area contributed by atoms with Crippen LogP contribution in [0.3, 0.4) is 0 Å². The number of hydrogen-bond donors (Lipinski definition) is 2. The summed E-state index contributed by atoms with van der Waals surface area (Å²) in [6.45, 7) is 4.18. The predicted molar refractivity (Wildman–Crippen MR) is 64.1 cm³/mol. The molecule has 0 aromatic carbocycles. The molecule has 84 valence electrons. The maximum absolute atomic E-state index is 11.4. The van der Waals surface area contributed by atoms with Gasteiger partial charge in [0.25, 0.3) is 0 Å². The van der Waals surface area contributed by atoms with Crippen molar-refractivity contribution in [1.82, 2.24) is 5.32 Å². The minimum atomic E-state index is -0.461. The molecule has 0 unspecified atom stereocenters. The van der Waals surface area contributed by atoms with Crippen molar-refractivity contribution in [2.75, 3.05) is 0 Å². The number of carbonyl (C=O) groups is 1. The second-order valence-corrected chi connectivity index (χ2v) is 5.95. The topological polar surface area (TPSA) is 55.1 Å². The summed E-state index contributed by atoms with van der Waals surface area (Å²) in [5, 5.41) is 2.80. The zero-order chi connectivity index (χ0) is 11.5. The van der Waals surface area contributed by atoms with Gasteiger partial charge >= 0.3 is 0 Å². The number of nitrogens with two attached hydrogens (primary N) is 1. The Kier molecular flexibility index (Phi) is 4.13. The molecule has 3 nitrogen and oxygen atoms in total. The van der Waals surface area contributed by atoms with Gasteiger partial charge in [-0.15, -0.1) is 11.3 Å². The van der Waals surface area contributed by atoms with E-state index >= 15 is 0 Å². The largest absolute Gasteiger partial charge is 0.351 e. The van der Waals surface area contributed by atoms with Crippen LogP contribution in [0.4, 0.5) is 0 Å². The molecule has 0 aliphatic heterocycles. The number of nitrogens with one attached hydrogen (secondary N) is 1. The first-order valence-corrected chi connectivity index (χ1v) is 5.86. The van der Waals surface area contributed by atoms with E-state index in [0.29, 0.717) is 13.0 Å². The summed E-state index contributed by atoms with van der Waals surface area (Å²) in [6.07, 6.45) is 0.326. The average Bonchev–Trinajstić information content (AvgIpc) is 2.45. The van der Waals surface area contributed by atoms with E-state index in [4.69, 9.17) is 17.3 Å². The van der Waals surface area contributed by atoms with Crippen molar-refractivity contribution in [2.24, 2.45) is 5.73 Å². The fourth-order valence-corrected chi connectivity index (χ4v) is 2.14. The van der Waals surface area contributed by atoms with Crippen molar-refractivity contribution in [3.05, 3.63) is 21.3 Å². The lowest BCUT2D eigenvalue weighted by molar-refractivity contribution is -0.122. The summed E-state index contributed by atoms with van der Waals surface area (Å²) in [5.74, 6) is -0.0352. The van der Waals surface area contributed by atoms with Crippen LogP contribution in [0.25, 0.3) is 0 Å². The maximum Gasteiger partial charge on any atom is 0.222 e. The molecule has 1 heterocycles. The van der Waals surface area contributed by atoms with E-state index in [1.54, 1.807) is 0 Å². The van der Waals surface area contributed by atoms with Crippen molar-refractivity contribution in [1.29, 1.82) is 0 Å². The lowest BCUT2D eigenvalue weighted by atomic mass is 10.0. The number of halogens is 1. The van der Waals surface area contributed by atoms with Crippen LogP contribution in [0.2, 0.25) is 4.34 Å². The molecule has 0 aliphatic carbocycles. The first kappa shape index (κ1) is 12.5. The Morgan fingerprint density at radius 3 is 2.73 bits per heavy atom. The SMILES string of the molecule is CC(C)(N)CC(=O)NCc1ccc(Cl)s1. The molecule has 0 radical (unpaired) electrons. The average molecular weight is 247 g/mol. The molecule has 0 saturated heterocycles. The van der Waals surface area contributed by atoms with E-state index in [9.17, 15) is 4.79 Å². The van der Waals surface area contributed by atoms with E-state index in [2.05, 4.69) is 5.32 Å². The Hall–Kier alpha value is -0.580. The van der Waals surface area contributed by atoms with E-state index in [0.717, 1.165) is 9.21 Å². The molecule has 1 amide bonds. The van der Waals surface area contributed by atoms with Crippen LogP contribution in [0, 0.1) is 0 Å². The number of rotatable bonds is 4. The van der Waals surface area contributed by atoms with Gasteiger partial charge in [-0.25, -0.2) is 0 Å². The van der Waals surface area contributed by atoms with Crippen LogP contribution < -0.4 is 11.1 Å². The first-order valence-electron chi connectivity index (χ1n) is 4.66. The second kappa shape index (κ2) is 4.96. The van der Waals surface area contributed by atoms with E-state index in [-0.39, 0.29) is 5.91 Å². The van der Waals surface area contributed by atoms with Gasteiger partial charge in [0, 0.05) is 16.8 Å². The lowest BCUT2D eigenvalue weighted by Gasteiger charge is -2.17. The summed E-state index contributed by atoms with van der Waals surface area (Å²) in [6, 6.07) is 3.72. The van der Waals surface area contributed by atoms with Crippen LogP contribution >= 0.6 is 22.9 Å². The highest BCUT2D eigenvalue weighted by atomic mass is 35.5. The molecule has 15 heavy (non-hydrogen) atoms. The Labute approximate surface area is 98.6 Å². The maximum atomic E-state index is 11.4. The Morgan fingerprint density at radius 1 is 1.60 bits per heavy atom. The van der Waals surface area contributed by atoms with E-state index in [1.807, 2.05) is 26.0 Å². The van der Waals surface area contributed by atoms with Crippen molar-refractivity contribution in [3.8, 4) is 0 Å². The molecule has 1 aromatic heterocycles. The fraction of sp³-hybridized carbons (Fsp3) is 0.500. The third-order valence-corrected chi connectivity index (χ3v) is 2.94. The van der Waals surface area contributed by atoms with Crippen molar-refractivity contribution >= 4 is 28.8 Å². The Balaban J connectivity index is 2.35. The molecule has 0 atom stereocenters. The van der Waals surface area contributed by atoms with Gasteiger partial charge in [-0.2, -0.15) is 0 Å². The number of hydrogen-bond acceptors (Lipinski definition) is 3. The summed E-state index contributed by atoms with van der Waals surface area (Å²) in [7, 11) is 0. The molecule has 1 aromatic rings. The van der Waals surface area contributed by atoms with Crippen LogP contribution in [-0.4, -0.2) is 11.4 Å². The number of carbonyl (C=O) groups excluding carboxylic acids is 1. The van der Waals surface area contributed by atoms with Gasteiger partial charge in [-0.1, -0.05) is 11.6 Å². The highest BCUT2D eigenvalue weighted by molar-refractivity contribution is 7.16. The monoisotopic (exact) mass is 246 g/mol. The molecule has 1 rings (SSSR count). The molecule has 0 fully saturated rings. The molecular formula is C10H15ClN2OS. The predicted octanol–water partition coefficient (Wildman–Crippen LogP) is 2.15. The van der Waals surface area contributed by atoms with Crippen LogP contribution in [0.15, 0.2) is 12.1 Å². The number of amides is 1. The van der Waals surface area contributed by atoms with E-state index < -0.39 is 5.54 Å². The highest BCUT2D eigenvalue weighted by Crippen LogP contribution is 2.21. The number of thiophene rings is 1. The Bertz CT molecular complexity index is 343. The summed E-state index contributed by atoms with van der Waals surface area (Å²) in [5.41, 5.74) is 5.27. The summed E-state index contributed by atoms with van der Waals surface area (Å²) >= 11 is 7.24. The minimum Gasteiger partial charge on any atom is -0.351 e. The summed E-state index contributed by atoms with van der Waals surface area (Å²) < 4.78 is 0.735. The van der Waals surface area contributed by atoms with Crippen molar-refractivity contribution in [2.45, 2.75) is 32.4 Å². The van der Waals surface area contributed by atoms with Crippen LogP contribution in [0.1, 0.15) is 25.1 Å². The van der Waals surface area contributed by atoms with Crippen molar-refractivity contribution < 1.29 is 4.79 Å². The smallest absolute Gasteiger partial charge is 0.222 e. The third kappa shape index (κ3) is 5.16. The van der Waals surface area contributed by atoms with Crippen LogP contribution in [0.5, 0.6) is 0 Å².